The molecular weight excluding hydrogens is 357 g/mol. The molecule has 0 amide bonds. The summed E-state index contributed by atoms with van der Waals surface area (Å²) in [5.41, 5.74) is 2.51. The van der Waals surface area contributed by atoms with Gasteiger partial charge in [-0.25, -0.2) is 9.38 Å². The summed E-state index contributed by atoms with van der Waals surface area (Å²) in [7, 11) is 0. The van der Waals surface area contributed by atoms with Crippen molar-refractivity contribution in [3.05, 3.63) is 63.9 Å². The molecule has 0 bridgehead atoms. The van der Waals surface area contributed by atoms with Crippen LogP contribution in [0.25, 0.3) is 0 Å². The van der Waals surface area contributed by atoms with Crippen molar-refractivity contribution in [2.45, 2.75) is 26.6 Å². The third-order valence-corrected chi connectivity index (χ3v) is 4.13. The normalized spacial score (nSPS) is 13.7. The molecule has 138 valence electrons. The van der Waals surface area contributed by atoms with Crippen LogP contribution in [-0.2, 0) is 24.4 Å². The van der Waals surface area contributed by atoms with Gasteiger partial charge in [0.25, 0.3) is 0 Å². The van der Waals surface area contributed by atoms with Gasteiger partial charge in [-0.05, 0) is 36.8 Å². The zero-order chi connectivity index (χ0) is 18.4. The highest BCUT2D eigenvalue weighted by Crippen LogP contribution is 2.29. The molecule has 0 radical (unpaired) electrons. The van der Waals surface area contributed by atoms with Crippen molar-refractivity contribution < 1.29 is 13.9 Å². The van der Waals surface area contributed by atoms with Gasteiger partial charge in [0.15, 0.2) is 12.8 Å². The number of rotatable bonds is 5. The summed E-state index contributed by atoms with van der Waals surface area (Å²) in [6, 6.07) is 10.5. The fourth-order valence-corrected chi connectivity index (χ4v) is 2.79. The molecule has 0 fully saturated rings. The number of ether oxygens (including phenoxy) is 2. The van der Waals surface area contributed by atoms with Crippen molar-refractivity contribution in [1.29, 1.82) is 0 Å². The predicted molar refractivity (Wildman–Crippen MR) is 99.8 cm³/mol. The Hall–Kier alpha value is -2.31. The number of benzene rings is 2. The lowest BCUT2D eigenvalue weighted by Gasteiger charge is -2.21. The van der Waals surface area contributed by atoms with Crippen molar-refractivity contribution in [2.75, 3.05) is 13.3 Å². The number of hydrogen-bond acceptors (Lipinski definition) is 3. The Morgan fingerprint density at radius 1 is 1.23 bits per heavy atom. The van der Waals surface area contributed by atoms with Crippen LogP contribution in [0.15, 0.2) is 41.4 Å². The van der Waals surface area contributed by atoms with Gasteiger partial charge in [0.05, 0.1) is 13.2 Å². The number of nitrogens with one attached hydrogen (secondary N) is 2. The summed E-state index contributed by atoms with van der Waals surface area (Å²) >= 11 is 5.90. The minimum atomic E-state index is -0.308. The van der Waals surface area contributed by atoms with Crippen LogP contribution < -0.4 is 15.4 Å². The van der Waals surface area contributed by atoms with E-state index in [0.717, 1.165) is 23.2 Å². The van der Waals surface area contributed by atoms with Gasteiger partial charge in [0, 0.05) is 29.2 Å². The second-order valence-corrected chi connectivity index (χ2v) is 6.28. The van der Waals surface area contributed by atoms with Gasteiger partial charge in [-0.2, -0.15) is 0 Å². The molecule has 1 heterocycles. The number of fused-ring (bicyclic) bond motifs is 1. The molecule has 2 aromatic carbocycles. The molecule has 2 N–H and O–H groups in total. The maximum absolute atomic E-state index is 13.8. The number of nitrogens with zero attached hydrogens (tertiary/aromatic N) is 1. The van der Waals surface area contributed by atoms with Crippen LogP contribution in [0.2, 0.25) is 5.02 Å². The second-order valence-electron chi connectivity index (χ2n) is 5.84. The van der Waals surface area contributed by atoms with E-state index in [1.165, 1.54) is 12.1 Å². The van der Waals surface area contributed by atoms with Gasteiger partial charge in [-0.3, -0.25) is 0 Å². The van der Waals surface area contributed by atoms with Gasteiger partial charge < -0.3 is 20.1 Å². The van der Waals surface area contributed by atoms with Crippen LogP contribution >= 0.6 is 11.6 Å². The van der Waals surface area contributed by atoms with Crippen molar-refractivity contribution in [3.8, 4) is 5.75 Å². The minimum absolute atomic E-state index is 0.177. The first-order valence-corrected chi connectivity index (χ1v) is 8.82. The summed E-state index contributed by atoms with van der Waals surface area (Å²) in [6.07, 6.45) is 0. The van der Waals surface area contributed by atoms with E-state index in [1.807, 2.05) is 31.2 Å². The lowest BCUT2D eigenvalue weighted by atomic mass is 10.1. The van der Waals surface area contributed by atoms with Gasteiger partial charge >= 0.3 is 0 Å². The van der Waals surface area contributed by atoms with Crippen LogP contribution in [0.1, 0.15) is 23.6 Å². The molecule has 5 nitrogen and oxygen atoms in total. The standard InChI is InChI=1S/C19H21ClFN3O2/c1-2-22-19(23-9-13-3-5-16(20)6-4-13)24-10-14-7-17(21)8-15-11-25-12-26-18(14)15/h3-8H,2,9-12H2,1H3,(H2,22,23,24). The Morgan fingerprint density at radius 3 is 2.81 bits per heavy atom. The van der Waals surface area contributed by atoms with Gasteiger partial charge in [-0.15, -0.1) is 0 Å². The molecule has 0 saturated heterocycles. The van der Waals surface area contributed by atoms with Crippen LogP contribution in [0.4, 0.5) is 4.39 Å². The van der Waals surface area contributed by atoms with Crippen molar-refractivity contribution in [3.63, 3.8) is 0 Å². The summed E-state index contributed by atoms with van der Waals surface area (Å²) in [4.78, 5) is 4.56. The lowest BCUT2D eigenvalue weighted by Crippen LogP contribution is -2.37. The minimum Gasteiger partial charge on any atom is -0.467 e. The fourth-order valence-electron chi connectivity index (χ4n) is 2.67. The van der Waals surface area contributed by atoms with E-state index < -0.39 is 0 Å². The molecule has 0 aromatic heterocycles. The SMILES string of the molecule is CCNC(=NCc1ccc(Cl)cc1)NCc1cc(F)cc2c1OCOC2. The van der Waals surface area contributed by atoms with Crippen molar-refractivity contribution in [1.82, 2.24) is 10.6 Å². The maximum Gasteiger partial charge on any atom is 0.191 e. The summed E-state index contributed by atoms with van der Waals surface area (Å²) < 4.78 is 24.6. The number of halogens is 2. The van der Waals surface area contributed by atoms with Gasteiger partial charge in [-0.1, -0.05) is 23.7 Å². The average Bonchev–Trinajstić information content (AvgIpc) is 2.65. The topological polar surface area (TPSA) is 54.9 Å². The van der Waals surface area contributed by atoms with Crippen LogP contribution in [-0.4, -0.2) is 19.3 Å². The monoisotopic (exact) mass is 377 g/mol. The molecule has 26 heavy (non-hydrogen) atoms. The Labute approximate surface area is 157 Å². The number of guanidine groups is 1. The first kappa shape index (κ1) is 18.5. The van der Waals surface area contributed by atoms with Crippen molar-refractivity contribution >= 4 is 17.6 Å². The molecule has 2 aromatic rings. The van der Waals surface area contributed by atoms with Gasteiger partial charge in [0.2, 0.25) is 0 Å². The molecular formula is C19H21ClFN3O2. The zero-order valence-corrected chi connectivity index (χ0v) is 15.3. The largest absolute Gasteiger partial charge is 0.467 e. The van der Waals surface area contributed by atoms with Crippen molar-refractivity contribution in [2.24, 2.45) is 4.99 Å². The fraction of sp³-hybridized carbons (Fsp3) is 0.316. The van der Waals surface area contributed by atoms with Crippen LogP contribution in [0, 0.1) is 5.82 Å². The Balaban J connectivity index is 1.70. The molecule has 0 saturated carbocycles. The summed E-state index contributed by atoms with van der Waals surface area (Å²) in [6.45, 7) is 4.15. The molecule has 0 atom stereocenters. The molecule has 1 aliphatic heterocycles. The summed E-state index contributed by atoms with van der Waals surface area (Å²) in [5.74, 6) is 1.02. The van der Waals surface area contributed by atoms with E-state index >= 15 is 0 Å². The highest BCUT2D eigenvalue weighted by molar-refractivity contribution is 6.30. The molecule has 0 aliphatic carbocycles. The Morgan fingerprint density at radius 2 is 2.04 bits per heavy atom. The lowest BCUT2D eigenvalue weighted by molar-refractivity contribution is -0.0172. The summed E-state index contributed by atoms with van der Waals surface area (Å²) in [5, 5.41) is 7.10. The quantitative estimate of drug-likeness (QED) is 0.617. The Bertz CT molecular complexity index is 781. The molecule has 0 unspecified atom stereocenters. The van der Waals surface area contributed by atoms with E-state index in [4.69, 9.17) is 21.1 Å². The van der Waals surface area contributed by atoms with Crippen LogP contribution in [0.3, 0.4) is 0 Å². The molecule has 0 spiro atoms. The van der Waals surface area contributed by atoms with E-state index in [-0.39, 0.29) is 12.6 Å². The number of aliphatic imine (C=N–C) groups is 1. The molecule has 3 rings (SSSR count). The predicted octanol–water partition coefficient (Wildman–Crippen LogP) is 3.60. The van der Waals surface area contributed by atoms with Gasteiger partial charge in [0.1, 0.15) is 11.6 Å². The zero-order valence-electron chi connectivity index (χ0n) is 14.5. The third-order valence-electron chi connectivity index (χ3n) is 3.88. The molecule has 7 heteroatoms. The first-order chi connectivity index (χ1) is 12.7. The van der Waals surface area contributed by atoms with E-state index in [1.54, 1.807) is 0 Å². The Kier molecular flexibility index (Phi) is 6.30. The highest BCUT2D eigenvalue weighted by Gasteiger charge is 2.17. The average molecular weight is 378 g/mol. The molecule has 1 aliphatic rings. The van der Waals surface area contributed by atoms with E-state index in [9.17, 15) is 4.39 Å². The number of hydrogen-bond donors (Lipinski definition) is 2. The third kappa shape index (κ3) is 4.86. The van der Waals surface area contributed by atoms with Crippen LogP contribution in [0.5, 0.6) is 5.75 Å². The second kappa shape index (κ2) is 8.87. The van der Waals surface area contributed by atoms with E-state index in [2.05, 4.69) is 15.6 Å². The van der Waals surface area contributed by atoms with E-state index in [0.29, 0.717) is 36.4 Å². The highest BCUT2D eigenvalue weighted by atomic mass is 35.5. The smallest absolute Gasteiger partial charge is 0.191 e. The first-order valence-electron chi connectivity index (χ1n) is 8.44. The maximum atomic E-state index is 13.8.